The van der Waals surface area contributed by atoms with E-state index >= 15 is 0 Å². The molecular weight excluding hydrogens is 242 g/mol. The first-order valence-electron chi connectivity index (χ1n) is 5.62. The van der Waals surface area contributed by atoms with Crippen LogP contribution < -0.4 is 16.4 Å². The van der Waals surface area contributed by atoms with Crippen LogP contribution in [0.5, 0.6) is 0 Å². The van der Waals surface area contributed by atoms with Crippen LogP contribution in [0.25, 0.3) is 0 Å². The van der Waals surface area contributed by atoms with Crippen molar-refractivity contribution in [3.63, 3.8) is 0 Å². The summed E-state index contributed by atoms with van der Waals surface area (Å²) in [5, 5.41) is 13.5. The zero-order valence-electron chi connectivity index (χ0n) is 10.0. The summed E-state index contributed by atoms with van der Waals surface area (Å²) in [7, 11) is 0. The van der Waals surface area contributed by atoms with Crippen LogP contribution >= 0.6 is 0 Å². The number of carboxylic acids is 1. The van der Waals surface area contributed by atoms with Crippen molar-refractivity contribution in [2.24, 2.45) is 5.73 Å². The van der Waals surface area contributed by atoms with Crippen LogP contribution in [0.2, 0.25) is 0 Å². The average molecular weight is 259 g/mol. The minimum absolute atomic E-state index is 0.216. The third-order valence-corrected chi connectivity index (χ3v) is 2.64. The summed E-state index contributed by atoms with van der Waals surface area (Å²) in [5.74, 6) is -1.39. The topological polar surface area (TPSA) is 131 Å². The molecule has 1 aliphatic heterocycles. The van der Waals surface area contributed by atoms with Crippen LogP contribution in [-0.2, 0) is 14.3 Å². The van der Waals surface area contributed by atoms with Crippen molar-refractivity contribution < 1.29 is 24.2 Å². The van der Waals surface area contributed by atoms with Crippen LogP contribution in [0.15, 0.2) is 0 Å². The number of rotatable bonds is 5. The molecule has 0 aromatic heterocycles. The maximum absolute atomic E-state index is 11.5. The first-order valence-corrected chi connectivity index (χ1v) is 5.62. The number of primary amides is 1. The minimum atomic E-state index is -0.993. The van der Waals surface area contributed by atoms with E-state index in [0.717, 1.165) is 0 Å². The highest BCUT2D eigenvalue weighted by atomic mass is 16.5. The molecule has 1 aliphatic rings. The summed E-state index contributed by atoms with van der Waals surface area (Å²) < 4.78 is 5.21. The molecule has 1 rings (SSSR count). The SMILES string of the molecule is CC(NC(N)=O)C(=O)NCC1CCC(C(=O)O)O1. The monoisotopic (exact) mass is 259 g/mol. The van der Waals surface area contributed by atoms with Gasteiger partial charge in [0.05, 0.1) is 6.10 Å². The Morgan fingerprint density at radius 2 is 2.11 bits per heavy atom. The van der Waals surface area contributed by atoms with Crippen LogP contribution in [0, 0.1) is 0 Å². The van der Waals surface area contributed by atoms with Gasteiger partial charge in [0.15, 0.2) is 6.10 Å². The number of hydrogen-bond donors (Lipinski definition) is 4. The Labute approximate surface area is 104 Å². The van der Waals surface area contributed by atoms with Gasteiger partial charge in [-0.3, -0.25) is 4.79 Å². The fourth-order valence-corrected chi connectivity index (χ4v) is 1.68. The number of carbonyl (C=O) groups is 3. The molecule has 0 aromatic carbocycles. The first kappa shape index (κ1) is 14.2. The van der Waals surface area contributed by atoms with Crippen molar-refractivity contribution in [2.75, 3.05) is 6.54 Å². The van der Waals surface area contributed by atoms with Gasteiger partial charge in [0.2, 0.25) is 5.91 Å². The molecular formula is C10H17N3O5. The number of nitrogens with one attached hydrogen (secondary N) is 2. The Hall–Kier alpha value is -1.83. The molecule has 1 heterocycles. The lowest BCUT2D eigenvalue weighted by Gasteiger charge is -2.15. The molecule has 18 heavy (non-hydrogen) atoms. The predicted molar refractivity (Wildman–Crippen MR) is 60.7 cm³/mol. The Morgan fingerprint density at radius 3 is 2.61 bits per heavy atom. The maximum Gasteiger partial charge on any atom is 0.332 e. The summed E-state index contributed by atoms with van der Waals surface area (Å²) in [6.45, 7) is 1.71. The van der Waals surface area contributed by atoms with Gasteiger partial charge < -0.3 is 26.2 Å². The molecule has 3 amide bonds. The number of aliphatic carboxylic acids is 1. The number of ether oxygens (including phenoxy) is 1. The van der Waals surface area contributed by atoms with E-state index in [1.54, 1.807) is 0 Å². The molecule has 3 unspecified atom stereocenters. The van der Waals surface area contributed by atoms with E-state index in [-0.39, 0.29) is 12.6 Å². The lowest BCUT2D eigenvalue weighted by Crippen LogP contribution is -2.48. The highest BCUT2D eigenvalue weighted by Gasteiger charge is 2.30. The molecule has 0 radical (unpaired) electrons. The number of carboxylic acid groups (broad SMARTS) is 1. The van der Waals surface area contributed by atoms with Crippen molar-refractivity contribution in [3.8, 4) is 0 Å². The van der Waals surface area contributed by atoms with Crippen LogP contribution in [0.4, 0.5) is 4.79 Å². The normalized spacial score (nSPS) is 24.3. The smallest absolute Gasteiger partial charge is 0.332 e. The first-order chi connectivity index (χ1) is 8.40. The van der Waals surface area contributed by atoms with Crippen LogP contribution in [0.1, 0.15) is 19.8 Å². The van der Waals surface area contributed by atoms with Crippen molar-refractivity contribution in [3.05, 3.63) is 0 Å². The highest BCUT2D eigenvalue weighted by molar-refractivity contribution is 5.86. The fraction of sp³-hybridized carbons (Fsp3) is 0.700. The van der Waals surface area contributed by atoms with Gasteiger partial charge in [-0.05, 0) is 19.8 Å². The largest absolute Gasteiger partial charge is 0.479 e. The Bertz CT molecular complexity index is 346. The molecule has 8 heteroatoms. The summed E-state index contributed by atoms with van der Waals surface area (Å²) in [6.07, 6.45) is -0.0938. The maximum atomic E-state index is 11.5. The van der Waals surface area contributed by atoms with E-state index in [1.807, 2.05) is 0 Å². The van der Waals surface area contributed by atoms with Gasteiger partial charge in [-0.25, -0.2) is 9.59 Å². The zero-order chi connectivity index (χ0) is 13.7. The van der Waals surface area contributed by atoms with E-state index in [1.165, 1.54) is 6.92 Å². The molecule has 5 N–H and O–H groups in total. The van der Waals surface area contributed by atoms with Gasteiger partial charge in [-0.1, -0.05) is 0 Å². The van der Waals surface area contributed by atoms with Gasteiger partial charge in [0.1, 0.15) is 6.04 Å². The Balaban J connectivity index is 2.27. The lowest BCUT2D eigenvalue weighted by atomic mass is 10.2. The molecule has 0 aromatic rings. The molecule has 0 spiro atoms. The van der Waals surface area contributed by atoms with E-state index in [4.69, 9.17) is 15.6 Å². The van der Waals surface area contributed by atoms with E-state index in [0.29, 0.717) is 12.8 Å². The molecule has 1 saturated heterocycles. The van der Waals surface area contributed by atoms with E-state index in [9.17, 15) is 14.4 Å². The molecule has 0 bridgehead atoms. The lowest BCUT2D eigenvalue weighted by molar-refractivity contribution is -0.149. The van der Waals surface area contributed by atoms with Crippen molar-refractivity contribution >= 4 is 17.9 Å². The van der Waals surface area contributed by atoms with Gasteiger partial charge in [-0.2, -0.15) is 0 Å². The van der Waals surface area contributed by atoms with Crippen LogP contribution in [-0.4, -0.2) is 47.8 Å². The zero-order valence-corrected chi connectivity index (χ0v) is 10.0. The number of amides is 3. The number of hydrogen-bond acceptors (Lipinski definition) is 4. The summed E-state index contributed by atoms with van der Waals surface area (Å²) >= 11 is 0. The fourth-order valence-electron chi connectivity index (χ4n) is 1.68. The number of nitrogens with two attached hydrogens (primary N) is 1. The van der Waals surface area contributed by atoms with E-state index < -0.39 is 30.1 Å². The molecule has 0 aliphatic carbocycles. The second-order valence-electron chi connectivity index (χ2n) is 4.14. The molecule has 8 nitrogen and oxygen atoms in total. The van der Waals surface area contributed by atoms with Crippen molar-refractivity contribution in [1.82, 2.24) is 10.6 Å². The summed E-state index contributed by atoms with van der Waals surface area (Å²) in [4.78, 5) is 32.7. The average Bonchev–Trinajstić information content (AvgIpc) is 2.73. The quantitative estimate of drug-likeness (QED) is 0.492. The number of urea groups is 1. The second kappa shape index (κ2) is 6.20. The number of carbonyl (C=O) groups excluding carboxylic acids is 2. The predicted octanol–water partition coefficient (Wildman–Crippen LogP) is -1.21. The Kier molecular flexibility index (Phi) is 4.90. The second-order valence-corrected chi connectivity index (χ2v) is 4.14. The summed E-state index contributed by atoms with van der Waals surface area (Å²) in [6, 6.07) is -1.51. The third kappa shape index (κ3) is 4.21. The van der Waals surface area contributed by atoms with Crippen molar-refractivity contribution in [1.29, 1.82) is 0 Å². The van der Waals surface area contributed by atoms with Crippen molar-refractivity contribution in [2.45, 2.75) is 38.0 Å². The third-order valence-electron chi connectivity index (χ3n) is 2.64. The van der Waals surface area contributed by atoms with Gasteiger partial charge >= 0.3 is 12.0 Å². The standard InChI is InChI=1S/C10H17N3O5/c1-5(13-10(11)17)8(14)12-4-6-2-3-7(18-6)9(15)16/h5-7H,2-4H2,1H3,(H,12,14)(H,15,16)(H3,11,13,17). The summed E-state index contributed by atoms with van der Waals surface area (Å²) in [5.41, 5.74) is 4.88. The molecule has 1 fully saturated rings. The van der Waals surface area contributed by atoms with Gasteiger partial charge in [0.25, 0.3) is 0 Å². The van der Waals surface area contributed by atoms with Gasteiger partial charge in [-0.15, -0.1) is 0 Å². The molecule has 3 atom stereocenters. The van der Waals surface area contributed by atoms with E-state index in [2.05, 4.69) is 10.6 Å². The van der Waals surface area contributed by atoms with Gasteiger partial charge in [0, 0.05) is 6.54 Å². The van der Waals surface area contributed by atoms with Crippen LogP contribution in [0.3, 0.4) is 0 Å². The minimum Gasteiger partial charge on any atom is -0.479 e. The highest BCUT2D eigenvalue weighted by Crippen LogP contribution is 2.19. The molecule has 102 valence electrons. The molecule has 0 saturated carbocycles. The Morgan fingerprint density at radius 1 is 1.44 bits per heavy atom.